The van der Waals surface area contributed by atoms with Crippen molar-refractivity contribution in [2.45, 2.75) is 74.8 Å². The monoisotopic (exact) mass is 338 g/mol. The summed E-state index contributed by atoms with van der Waals surface area (Å²) in [5, 5.41) is 0. The third-order valence-corrected chi connectivity index (χ3v) is 5.60. The molecule has 0 N–H and O–H groups in total. The van der Waals surface area contributed by atoms with E-state index in [0.29, 0.717) is 5.92 Å². The van der Waals surface area contributed by atoms with Gasteiger partial charge in [-0.05, 0) is 53.4 Å². The van der Waals surface area contributed by atoms with Gasteiger partial charge in [0.15, 0.2) is 6.29 Å². The second-order valence-electron chi connectivity index (χ2n) is 6.14. The van der Waals surface area contributed by atoms with Crippen molar-refractivity contribution in [1.29, 1.82) is 0 Å². The molecule has 1 aliphatic carbocycles. The molecular formula is C13H23IO2. The molecule has 0 atom stereocenters. The fourth-order valence-corrected chi connectivity index (χ4v) is 3.15. The molecule has 0 amide bonds. The van der Waals surface area contributed by atoms with Crippen molar-refractivity contribution in [3.63, 3.8) is 0 Å². The summed E-state index contributed by atoms with van der Waals surface area (Å²) < 4.78 is 13.1. The summed E-state index contributed by atoms with van der Waals surface area (Å²) in [5.74, 6) is 0.604. The van der Waals surface area contributed by atoms with Crippen molar-refractivity contribution in [2.24, 2.45) is 5.92 Å². The average molecular weight is 338 g/mol. The molecule has 2 fully saturated rings. The lowest BCUT2D eigenvalue weighted by Gasteiger charge is -2.30. The second-order valence-corrected chi connectivity index (χ2v) is 7.90. The van der Waals surface area contributed by atoms with Gasteiger partial charge in [0, 0.05) is 9.84 Å². The number of halogens is 1. The molecule has 1 saturated carbocycles. The van der Waals surface area contributed by atoms with Crippen molar-refractivity contribution >= 4 is 22.6 Å². The lowest BCUT2D eigenvalue weighted by atomic mass is 9.89. The lowest BCUT2D eigenvalue weighted by Crippen LogP contribution is -2.41. The molecule has 0 aromatic heterocycles. The van der Waals surface area contributed by atoms with Crippen LogP contribution in [0.15, 0.2) is 0 Å². The first-order valence-corrected chi connectivity index (χ1v) is 7.56. The van der Waals surface area contributed by atoms with Crippen LogP contribution in [0.25, 0.3) is 0 Å². The highest BCUT2D eigenvalue weighted by Crippen LogP contribution is 2.44. The number of rotatable bonds is 1. The van der Waals surface area contributed by atoms with Crippen LogP contribution in [0.1, 0.15) is 53.4 Å². The SMILES string of the molecule is CC1(C)OC(C2CCC(I)CC2)OC1(C)C. The van der Waals surface area contributed by atoms with Crippen LogP contribution < -0.4 is 0 Å². The van der Waals surface area contributed by atoms with Gasteiger partial charge in [0.05, 0.1) is 11.2 Å². The fraction of sp³-hybridized carbons (Fsp3) is 1.00. The molecule has 0 spiro atoms. The Kier molecular flexibility index (Phi) is 3.59. The van der Waals surface area contributed by atoms with Crippen molar-refractivity contribution in [2.75, 3.05) is 0 Å². The summed E-state index contributed by atoms with van der Waals surface area (Å²) in [6.45, 7) is 8.54. The Morgan fingerprint density at radius 1 is 0.875 bits per heavy atom. The molecule has 0 radical (unpaired) electrons. The zero-order valence-corrected chi connectivity index (χ0v) is 12.9. The van der Waals surface area contributed by atoms with Crippen LogP contribution in [0.3, 0.4) is 0 Å². The standard InChI is InChI=1S/C13H23IO2/c1-12(2)13(3,4)16-11(15-12)9-5-7-10(14)8-6-9/h9-11H,5-8H2,1-4H3. The number of hydrogen-bond acceptors (Lipinski definition) is 2. The topological polar surface area (TPSA) is 18.5 Å². The second kappa shape index (κ2) is 4.39. The van der Waals surface area contributed by atoms with Crippen molar-refractivity contribution in [1.82, 2.24) is 0 Å². The van der Waals surface area contributed by atoms with E-state index in [0.717, 1.165) is 3.92 Å². The molecule has 2 nitrogen and oxygen atoms in total. The zero-order valence-electron chi connectivity index (χ0n) is 10.8. The quantitative estimate of drug-likeness (QED) is 0.533. The Labute approximate surface area is 113 Å². The third-order valence-electron chi connectivity index (χ3n) is 4.36. The largest absolute Gasteiger partial charge is 0.343 e. The highest BCUT2D eigenvalue weighted by atomic mass is 127. The molecule has 0 aromatic rings. The minimum absolute atomic E-state index is 0.0221. The van der Waals surface area contributed by atoms with E-state index in [1.54, 1.807) is 0 Å². The van der Waals surface area contributed by atoms with Gasteiger partial charge >= 0.3 is 0 Å². The number of ether oxygens (including phenoxy) is 2. The third kappa shape index (κ3) is 2.41. The number of alkyl halides is 1. The van der Waals surface area contributed by atoms with Gasteiger partial charge in [-0.2, -0.15) is 0 Å². The van der Waals surface area contributed by atoms with Crippen molar-refractivity contribution < 1.29 is 9.47 Å². The van der Waals surface area contributed by atoms with E-state index < -0.39 is 0 Å². The summed E-state index contributed by atoms with van der Waals surface area (Å²) in [5.41, 5.74) is -0.336. The van der Waals surface area contributed by atoms with Gasteiger partial charge in [0.25, 0.3) is 0 Å². The first-order valence-electron chi connectivity index (χ1n) is 6.31. The molecule has 1 aliphatic heterocycles. The summed E-state index contributed by atoms with van der Waals surface area (Å²) >= 11 is 2.56. The van der Waals surface area contributed by atoms with Crippen LogP contribution in [-0.2, 0) is 9.47 Å². The molecule has 1 saturated heterocycles. The molecule has 16 heavy (non-hydrogen) atoms. The van der Waals surface area contributed by atoms with Crippen LogP contribution in [0.2, 0.25) is 0 Å². The average Bonchev–Trinajstić information content (AvgIpc) is 2.37. The smallest absolute Gasteiger partial charge is 0.162 e. The molecule has 1 heterocycles. The Bertz CT molecular complexity index is 239. The first-order chi connectivity index (χ1) is 7.32. The lowest BCUT2D eigenvalue weighted by molar-refractivity contribution is -0.128. The number of hydrogen-bond donors (Lipinski definition) is 0. The van der Waals surface area contributed by atoms with Crippen LogP contribution in [-0.4, -0.2) is 21.4 Å². The van der Waals surface area contributed by atoms with E-state index >= 15 is 0 Å². The Balaban J connectivity index is 1.98. The van der Waals surface area contributed by atoms with E-state index in [9.17, 15) is 0 Å². The van der Waals surface area contributed by atoms with E-state index in [4.69, 9.17) is 9.47 Å². The van der Waals surface area contributed by atoms with E-state index in [2.05, 4.69) is 50.3 Å². The highest BCUT2D eigenvalue weighted by Gasteiger charge is 2.51. The van der Waals surface area contributed by atoms with Crippen LogP contribution in [0.5, 0.6) is 0 Å². The summed E-state index contributed by atoms with van der Waals surface area (Å²) in [4.78, 5) is 0. The van der Waals surface area contributed by atoms with E-state index in [-0.39, 0.29) is 17.5 Å². The molecule has 3 heteroatoms. The zero-order chi connectivity index (χ0) is 12.0. The van der Waals surface area contributed by atoms with Crippen LogP contribution >= 0.6 is 22.6 Å². The van der Waals surface area contributed by atoms with E-state index in [1.807, 2.05) is 0 Å². The van der Waals surface area contributed by atoms with Crippen LogP contribution in [0, 0.1) is 5.92 Å². The van der Waals surface area contributed by atoms with Gasteiger partial charge in [0.1, 0.15) is 0 Å². The Morgan fingerprint density at radius 3 is 1.75 bits per heavy atom. The molecule has 0 bridgehead atoms. The predicted octanol–water partition coefficient (Wildman–Crippen LogP) is 3.91. The maximum Gasteiger partial charge on any atom is 0.162 e. The molecule has 2 rings (SSSR count). The maximum atomic E-state index is 6.11. The Hall–Kier alpha value is 0.650. The van der Waals surface area contributed by atoms with Gasteiger partial charge in [-0.25, -0.2) is 0 Å². The molecule has 0 unspecified atom stereocenters. The minimum atomic E-state index is -0.168. The summed E-state index contributed by atoms with van der Waals surface area (Å²) in [7, 11) is 0. The molecule has 0 aromatic carbocycles. The Morgan fingerprint density at radius 2 is 1.31 bits per heavy atom. The van der Waals surface area contributed by atoms with Crippen molar-refractivity contribution in [3.8, 4) is 0 Å². The molecular weight excluding hydrogens is 315 g/mol. The molecule has 2 aliphatic rings. The minimum Gasteiger partial charge on any atom is -0.343 e. The maximum absolute atomic E-state index is 6.11. The first kappa shape index (κ1) is 13.1. The summed E-state index contributed by atoms with van der Waals surface area (Å²) in [6, 6.07) is 0. The normalized spacial score (nSPS) is 38.8. The van der Waals surface area contributed by atoms with E-state index in [1.165, 1.54) is 25.7 Å². The van der Waals surface area contributed by atoms with Gasteiger partial charge in [-0.15, -0.1) is 0 Å². The fourth-order valence-electron chi connectivity index (χ4n) is 2.43. The molecule has 94 valence electrons. The van der Waals surface area contributed by atoms with Gasteiger partial charge in [-0.1, -0.05) is 22.6 Å². The van der Waals surface area contributed by atoms with Gasteiger partial charge in [0.2, 0.25) is 0 Å². The highest BCUT2D eigenvalue weighted by molar-refractivity contribution is 14.1. The van der Waals surface area contributed by atoms with Gasteiger partial charge < -0.3 is 9.47 Å². The van der Waals surface area contributed by atoms with Crippen LogP contribution in [0.4, 0.5) is 0 Å². The van der Waals surface area contributed by atoms with Gasteiger partial charge in [-0.3, -0.25) is 0 Å². The predicted molar refractivity (Wildman–Crippen MR) is 73.9 cm³/mol. The van der Waals surface area contributed by atoms with Crippen molar-refractivity contribution in [3.05, 3.63) is 0 Å². The summed E-state index contributed by atoms with van der Waals surface area (Å²) in [6.07, 6.45) is 5.16.